The van der Waals surface area contributed by atoms with E-state index in [1.165, 1.54) is 21.5 Å². The first-order valence-electron chi connectivity index (χ1n) is 9.52. The Morgan fingerprint density at radius 2 is 1.00 bits per heavy atom. The fourth-order valence-electron chi connectivity index (χ4n) is 3.47. The number of rotatable bonds is 2. The summed E-state index contributed by atoms with van der Waals surface area (Å²) >= 11 is 4.39. The molecule has 0 aliphatic carbocycles. The van der Waals surface area contributed by atoms with Crippen LogP contribution in [-0.4, -0.2) is 0 Å². The molecule has 31 heavy (non-hydrogen) atoms. The summed E-state index contributed by atoms with van der Waals surface area (Å²) in [5, 5.41) is 5.05. The summed E-state index contributed by atoms with van der Waals surface area (Å²) in [7, 11) is 0. The average Bonchev–Trinajstić information content (AvgIpc) is 3.60. The first-order chi connectivity index (χ1) is 14.9. The Labute approximate surface area is 205 Å². The second-order valence-electron chi connectivity index (χ2n) is 6.70. The summed E-state index contributed by atoms with van der Waals surface area (Å²) in [5.41, 5.74) is 2.30. The predicted octanol–water partition coefficient (Wildman–Crippen LogP) is 8.65. The minimum atomic E-state index is 0. The molecular formula is C27H20ClHfO2-3. The zero-order valence-corrected chi connectivity index (χ0v) is 21.1. The summed E-state index contributed by atoms with van der Waals surface area (Å²) in [6, 6.07) is 33.0. The van der Waals surface area contributed by atoms with Crippen LogP contribution in [0.15, 0.2) is 118 Å². The molecule has 0 spiro atoms. The van der Waals surface area contributed by atoms with E-state index in [9.17, 15) is 0 Å². The maximum atomic E-state index is 5.35. The minimum absolute atomic E-state index is 0. The summed E-state index contributed by atoms with van der Waals surface area (Å²) in [4.78, 5) is 0. The van der Waals surface area contributed by atoms with E-state index in [4.69, 9.17) is 8.83 Å². The van der Waals surface area contributed by atoms with Gasteiger partial charge in [0, 0.05) is 25.8 Å². The van der Waals surface area contributed by atoms with Crippen molar-refractivity contribution >= 4 is 33.1 Å². The molecule has 0 N–H and O–H groups in total. The summed E-state index contributed by atoms with van der Waals surface area (Å²) in [6.07, 6.45) is 6.12. The smallest absolute Gasteiger partial charge is 0.0796 e. The van der Waals surface area contributed by atoms with Crippen molar-refractivity contribution in [2.45, 2.75) is 0 Å². The number of furan rings is 2. The van der Waals surface area contributed by atoms with Crippen LogP contribution in [0.25, 0.3) is 44.2 Å². The first-order valence-corrected chi connectivity index (χ1v) is 10.1. The molecule has 0 amide bonds. The largest absolute Gasteiger partial charge is 0.499 e. The van der Waals surface area contributed by atoms with Crippen molar-refractivity contribution in [1.82, 2.24) is 0 Å². The van der Waals surface area contributed by atoms with E-state index in [1.807, 2.05) is 48.5 Å². The maximum absolute atomic E-state index is 5.35. The van der Waals surface area contributed by atoms with Crippen LogP contribution in [0.2, 0.25) is 0 Å². The summed E-state index contributed by atoms with van der Waals surface area (Å²) in [5.74, 6) is 1.86. The Balaban J connectivity index is 0.000000158. The number of fused-ring (bicyclic) bond motifs is 2. The van der Waals surface area contributed by atoms with Gasteiger partial charge in [-0.05, 0) is 12.1 Å². The molecule has 154 valence electrons. The molecule has 0 aliphatic heterocycles. The topological polar surface area (TPSA) is 26.3 Å². The Morgan fingerprint density at radius 3 is 1.35 bits per heavy atom. The molecule has 4 heteroatoms. The van der Waals surface area contributed by atoms with Gasteiger partial charge in [-0.25, -0.2) is 0 Å². The van der Waals surface area contributed by atoms with Gasteiger partial charge in [0.05, 0.1) is 24.0 Å². The van der Waals surface area contributed by atoms with Gasteiger partial charge in [-0.1, -0.05) is 59.7 Å². The molecule has 6 aromatic rings. The van der Waals surface area contributed by atoms with E-state index in [1.54, 1.807) is 12.5 Å². The zero-order valence-electron chi connectivity index (χ0n) is 16.8. The minimum Gasteiger partial charge on any atom is -0.499 e. The second-order valence-corrected chi connectivity index (χ2v) is 6.70. The number of hydrogen-bond acceptors (Lipinski definition) is 2. The monoisotopic (exact) mass is 591 g/mol. The third kappa shape index (κ3) is 5.36. The first kappa shape index (κ1) is 23.1. The van der Waals surface area contributed by atoms with Crippen molar-refractivity contribution in [2.24, 2.45) is 0 Å². The third-order valence-corrected chi connectivity index (χ3v) is 4.85. The fourth-order valence-corrected chi connectivity index (χ4v) is 3.47. The van der Waals surface area contributed by atoms with E-state index in [-0.39, 0.29) is 25.8 Å². The molecule has 0 unspecified atom stereocenters. The molecule has 0 radical (unpaired) electrons. The van der Waals surface area contributed by atoms with Gasteiger partial charge >= 0.3 is 0 Å². The van der Waals surface area contributed by atoms with Crippen molar-refractivity contribution in [3.8, 4) is 22.6 Å². The SMILES string of the molecule is [CH2-]Cl.[Hf].c1coc(-c2cc3ccccc3[cH-]2)c1.c1coc(-c2cc3ccccc3[cH-]2)c1. The van der Waals surface area contributed by atoms with Crippen LogP contribution in [0.5, 0.6) is 0 Å². The standard InChI is InChI=1S/2C13H9O.CH2Cl.Hf/c2*1-2-5-11-9-12(8-10(11)4-1)13-6-3-7-14-13;1-2;/h2*1-9H;1H2;/q3*-1;. The molecule has 2 aromatic heterocycles. The summed E-state index contributed by atoms with van der Waals surface area (Å²) in [6.45, 7) is 0. The van der Waals surface area contributed by atoms with Crippen molar-refractivity contribution in [3.63, 3.8) is 0 Å². The molecule has 0 bridgehead atoms. The second kappa shape index (κ2) is 11.1. The van der Waals surface area contributed by atoms with Gasteiger partial charge in [-0.15, -0.1) is 57.9 Å². The number of hydrogen-bond donors (Lipinski definition) is 0. The van der Waals surface area contributed by atoms with Crippen molar-refractivity contribution in [3.05, 3.63) is 116 Å². The Hall–Kier alpha value is -2.62. The normalized spacial score (nSPS) is 10.0. The van der Waals surface area contributed by atoms with Gasteiger partial charge in [-0.2, -0.15) is 0 Å². The van der Waals surface area contributed by atoms with Gasteiger partial charge in [0.15, 0.2) is 0 Å². The van der Waals surface area contributed by atoms with Gasteiger partial charge in [0.1, 0.15) is 0 Å². The Kier molecular flexibility index (Phi) is 8.27. The third-order valence-electron chi connectivity index (χ3n) is 4.85. The number of benzene rings is 2. The average molecular weight is 590 g/mol. The summed E-state index contributed by atoms with van der Waals surface area (Å²) < 4.78 is 10.7. The van der Waals surface area contributed by atoms with Crippen LogP contribution in [0, 0.1) is 6.38 Å². The van der Waals surface area contributed by atoms with E-state index in [0.717, 1.165) is 22.6 Å². The molecule has 2 nitrogen and oxygen atoms in total. The molecule has 0 aliphatic rings. The van der Waals surface area contributed by atoms with Gasteiger partial charge < -0.3 is 20.4 Å². The molecule has 0 atom stereocenters. The van der Waals surface area contributed by atoms with Crippen LogP contribution in [0.3, 0.4) is 0 Å². The van der Waals surface area contributed by atoms with Gasteiger partial charge in [-0.3, -0.25) is 6.38 Å². The number of halogens is 1. The molecular weight excluding hydrogens is 570 g/mol. The Morgan fingerprint density at radius 1 is 0.581 bits per heavy atom. The van der Waals surface area contributed by atoms with E-state index < -0.39 is 0 Å². The molecule has 0 saturated carbocycles. The van der Waals surface area contributed by atoms with Crippen LogP contribution < -0.4 is 0 Å². The van der Waals surface area contributed by atoms with E-state index in [0.29, 0.717) is 0 Å². The molecule has 0 fully saturated rings. The van der Waals surface area contributed by atoms with Crippen LogP contribution in [0.1, 0.15) is 0 Å². The van der Waals surface area contributed by atoms with Crippen molar-refractivity contribution in [1.29, 1.82) is 0 Å². The van der Waals surface area contributed by atoms with E-state index >= 15 is 0 Å². The molecule has 2 heterocycles. The predicted molar refractivity (Wildman–Crippen MR) is 126 cm³/mol. The van der Waals surface area contributed by atoms with Crippen LogP contribution >= 0.6 is 11.6 Å². The zero-order chi connectivity index (χ0) is 20.8. The van der Waals surface area contributed by atoms with Crippen molar-refractivity contribution < 1.29 is 34.7 Å². The maximum Gasteiger partial charge on any atom is 0.0796 e. The Bertz CT molecular complexity index is 1140. The van der Waals surface area contributed by atoms with E-state index in [2.05, 4.69) is 66.5 Å². The van der Waals surface area contributed by atoms with Crippen LogP contribution in [-0.2, 0) is 25.8 Å². The van der Waals surface area contributed by atoms with Gasteiger partial charge in [0.2, 0.25) is 0 Å². The fraction of sp³-hybridized carbons (Fsp3) is 0. The van der Waals surface area contributed by atoms with Crippen molar-refractivity contribution in [2.75, 3.05) is 0 Å². The molecule has 4 aromatic carbocycles. The quantitative estimate of drug-likeness (QED) is 0.149. The molecule has 0 saturated heterocycles. The van der Waals surface area contributed by atoms with Crippen LogP contribution in [0.4, 0.5) is 0 Å². The molecule has 6 rings (SSSR count). The van der Waals surface area contributed by atoms with Gasteiger partial charge in [0.25, 0.3) is 0 Å².